The molecular formula is C17H16O5. The zero-order chi connectivity index (χ0) is 15.9. The molecule has 0 saturated heterocycles. The molecule has 2 N–H and O–H groups in total. The fourth-order valence-electron chi connectivity index (χ4n) is 2.56. The second-order valence-corrected chi connectivity index (χ2v) is 4.93. The van der Waals surface area contributed by atoms with Gasteiger partial charge in [0, 0.05) is 11.1 Å². The average Bonchev–Trinajstić information content (AvgIpc) is 2.93. The van der Waals surface area contributed by atoms with Crippen LogP contribution in [0.5, 0.6) is 23.0 Å². The first-order valence-corrected chi connectivity index (χ1v) is 6.73. The smallest absolute Gasteiger partial charge is 0.201 e. The molecule has 0 aliphatic heterocycles. The Balaban J connectivity index is 2.28. The number of hydrogen-bond donors (Lipinski definition) is 2. The maximum Gasteiger partial charge on any atom is 0.201 e. The van der Waals surface area contributed by atoms with Gasteiger partial charge in [-0.15, -0.1) is 0 Å². The molecule has 0 saturated carbocycles. The number of hydrogen-bond acceptors (Lipinski definition) is 5. The summed E-state index contributed by atoms with van der Waals surface area (Å²) in [5.41, 5.74) is 2.03. The fourth-order valence-corrected chi connectivity index (χ4v) is 2.56. The third-order valence-corrected chi connectivity index (χ3v) is 3.70. The van der Waals surface area contributed by atoms with Crippen molar-refractivity contribution in [2.24, 2.45) is 0 Å². The number of rotatable bonds is 3. The minimum absolute atomic E-state index is 0.0507. The third-order valence-electron chi connectivity index (χ3n) is 3.70. The first kappa shape index (κ1) is 14.1. The van der Waals surface area contributed by atoms with Crippen LogP contribution in [0.4, 0.5) is 0 Å². The van der Waals surface area contributed by atoms with E-state index in [0.717, 1.165) is 11.1 Å². The molecule has 0 aliphatic carbocycles. The summed E-state index contributed by atoms with van der Waals surface area (Å²) in [6.45, 7) is 1.82. The number of ether oxygens (including phenoxy) is 2. The van der Waals surface area contributed by atoms with E-state index in [9.17, 15) is 10.2 Å². The third kappa shape index (κ3) is 2.02. The molecule has 0 aliphatic rings. The lowest BCUT2D eigenvalue weighted by atomic mass is 10.0. The van der Waals surface area contributed by atoms with Crippen LogP contribution in [0, 0.1) is 6.92 Å². The van der Waals surface area contributed by atoms with Crippen LogP contribution in [-0.4, -0.2) is 24.4 Å². The van der Waals surface area contributed by atoms with Crippen molar-refractivity contribution in [3.05, 3.63) is 35.9 Å². The molecule has 1 heterocycles. The second-order valence-electron chi connectivity index (χ2n) is 4.93. The molecule has 0 fully saturated rings. The van der Waals surface area contributed by atoms with E-state index in [4.69, 9.17) is 13.9 Å². The monoisotopic (exact) mass is 300 g/mol. The molecule has 3 rings (SSSR count). The average molecular weight is 300 g/mol. The highest BCUT2D eigenvalue weighted by Gasteiger charge is 2.20. The summed E-state index contributed by atoms with van der Waals surface area (Å²) in [5.74, 6) is 1.29. The van der Waals surface area contributed by atoms with E-state index >= 15 is 0 Å². The molecule has 0 spiro atoms. The van der Waals surface area contributed by atoms with Crippen LogP contribution in [0.3, 0.4) is 0 Å². The van der Waals surface area contributed by atoms with Gasteiger partial charge in [-0.2, -0.15) is 0 Å². The SMILES string of the molecule is COc1cc(-c2cc3c(O)cccc3o2)c(C)c(OC)c1O. The molecule has 3 aromatic rings. The Labute approximate surface area is 127 Å². The van der Waals surface area contributed by atoms with Gasteiger partial charge in [-0.05, 0) is 31.2 Å². The molecule has 2 aromatic carbocycles. The first-order chi connectivity index (χ1) is 10.6. The topological polar surface area (TPSA) is 72.1 Å². The Morgan fingerprint density at radius 1 is 1.05 bits per heavy atom. The first-order valence-electron chi connectivity index (χ1n) is 6.73. The molecule has 0 bridgehead atoms. The van der Waals surface area contributed by atoms with Gasteiger partial charge >= 0.3 is 0 Å². The van der Waals surface area contributed by atoms with Gasteiger partial charge in [0.1, 0.15) is 17.1 Å². The lowest BCUT2D eigenvalue weighted by molar-refractivity contribution is 0.338. The van der Waals surface area contributed by atoms with Gasteiger partial charge in [-0.25, -0.2) is 0 Å². The predicted molar refractivity (Wildman–Crippen MR) is 82.8 cm³/mol. The van der Waals surface area contributed by atoms with Gasteiger partial charge in [0.25, 0.3) is 0 Å². The summed E-state index contributed by atoms with van der Waals surface area (Å²) in [4.78, 5) is 0. The summed E-state index contributed by atoms with van der Waals surface area (Å²) in [7, 11) is 2.95. The predicted octanol–water partition coefficient (Wildman–Crippen LogP) is 3.84. The van der Waals surface area contributed by atoms with Crippen molar-refractivity contribution in [1.82, 2.24) is 0 Å². The summed E-state index contributed by atoms with van der Waals surface area (Å²) in [5, 5.41) is 20.6. The lowest BCUT2D eigenvalue weighted by Gasteiger charge is -2.14. The van der Waals surface area contributed by atoms with E-state index in [1.807, 2.05) is 6.92 Å². The van der Waals surface area contributed by atoms with Crippen molar-refractivity contribution in [2.75, 3.05) is 14.2 Å². The van der Waals surface area contributed by atoms with Crippen LogP contribution in [-0.2, 0) is 0 Å². The van der Waals surface area contributed by atoms with Gasteiger partial charge in [-0.3, -0.25) is 0 Å². The van der Waals surface area contributed by atoms with E-state index < -0.39 is 0 Å². The van der Waals surface area contributed by atoms with Crippen LogP contribution >= 0.6 is 0 Å². The van der Waals surface area contributed by atoms with Gasteiger partial charge in [0.2, 0.25) is 5.75 Å². The van der Waals surface area contributed by atoms with Crippen molar-refractivity contribution in [3.63, 3.8) is 0 Å². The Bertz CT molecular complexity index is 848. The maximum atomic E-state index is 10.1. The standard InChI is InChI=1S/C17H16O5/c1-9-10(7-15(20-2)16(19)17(9)21-3)14-8-11-12(18)5-4-6-13(11)22-14/h4-8,18-19H,1-3H3. The molecule has 0 atom stereocenters. The Hall–Kier alpha value is -2.82. The molecule has 0 radical (unpaired) electrons. The van der Waals surface area contributed by atoms with Crippen LogP contribution in [0.1, 0.15) is 5.56 Å². The summed E-state index contributed by atoms with van der Waals surface area (Å²) < 4.78 is 16.2. The molecule has 114 valence electrons. The molecule has 0 unspecified atom stereocenters. The largest absolute Gasteiger partial charge is 0.507 e. The van der Waals surface area contributed by atoms with Gasteiger partial charge in [0.05, 0.1) is 19.6 Å². The molecule has 0 amide bonds. The number of phenolic OH excluding ortho intramolecular Hbond substituents is 2. The van der Waals surface area contributed by atoms with Crippen molar-refractivity contribution in [1.29, 1.82) is 0 Å². The Morgan fingerprint density at radius 2 is 1.82 bits per heavy atom. The Kier molecular flexibility index (Phi) is 3.33. The van der Waals surface area contributed by atoms with E-state index in [-0.39, 0.29) is 11.5 Å². The van der Waals surface area contributed by atoms with Gasteiger partial charge in [0.15, 0.2) is 11.5 Å². The van der Waals surface area contributed by atoms with Crippen LogP contribution in [0.2, 0.25) is 0 Å². The quantitative estimate of drug-likeness (QED) is 0.769. The van der Waals surface area contributed by atoms with Crippen molar-refractivity contribution >= 4 is 11.0 Å². The summed E-state index contributed by atoms with van der Waals surface area (Å²) in [6, 6.07) is 8.54. The molecular weight excluding hydrogens is 284 g/mol. The number of phenols is 2. The fraction of sp³-hybridized carbons (Fsp3) is 0.176. The number of furan rings is 1. The second kappa shape index (κ2) is 5.18. The van der Waals surface area contributed by atoms with Gasteiger partial charge in [-0.1, -0.05) is 6.07 Å². The number of fused-ring (bicyclic) bond motifs is 1. The number of aromatic hydroxyl groups is 2. The highest BCUT2D eigenvalue weighted by molar-refractivity contribution is 5.89. The van der Waals surface area contributed by atoms with E-state index in [2.05, 4.69) is 0 Å². The molecule has 1 aromatic heterocycles. The van der Waals surface area contributed by atoms with Crippen molar-refractivity contribution in [3.8, 4) is 34.3 Å². The van der Waals surface area contributed by atoms with E-state index in [0.29, 0.717) is 28.2 Å². The lowest BCUT2D eigenvalue weighted by Crippen LogP contribution is -1.94. The molecule has 5 heteroatoms. The zero-order valence-electron chi connectivity index (χ0n) is 12.5. The summed E-state index contributed by atoms with van der Waals surface area (Å²) >= 11 is 0. The molecule has 22 heavy (non-hydrogen) atoms. The van der Waals surface area contributed by atoms with Crippen LogP contribution in [0.25, 0.3) is 22.3 Å². The zero-order valence-corrected chi connectivity index (χ0v) is 12.5. The maximum absolute atomic E-state index is 10.1. The van der Waals surface area contributed by atoms with E-state index in [1.165, 1.54) is 14.2 Å². The highest BCUT2D eigenvalue weighted by atomic mass is 16.5. The number of benzene rings is 2. The van der Waals surface area contributed by atoms with Crippen LogP contribution in [0.15, 0.2) is 34.7 Å². The van der Waals surface area contributed by atoms with Crippen molar-refractivity contribution in [2.45, 2.75) is 6.92 Å². The minimum atomic E-state index is -0.0507. The van der Waals surface area contributed by atoms with Crippen molar-refractivity contribution < 1.29 is 24.1 Å². The highest BCUT2D eigenvalue weighted by Crippen LogP contribution is 2.45. The summed E-state index contributed by atoms with van der Waals surface area (Å²) in [6.07, 6.45) is 0. The Morgan fingerprint density at radius 3 is 2.45 bits per heavy atom. The number of methoxy groups -OCH3 is 2. The van der Waals surface area contributed by atoms with E-state index in [1.54, 1.807) is 30.3 Å². The normalized spacial score (nSPS) is 10.9. The minimum Gasteiger partial charge on any atom is -0.507 e. The van der Waals surface area contributed by atoms with Gasteiger partial charge < -0.3 is 24.1 Å². The molecule has 5 nitrogen and oxygen atoms in total. The van der Waals surface area contributed by atoms with Crippen LogP contribution < -0.4 is 9.47 Å².